The molecular weight excluding hydrogens is 419 g/mol. The Morgan fingerprint density at radius 1 is 1.00 bits per heavy atom. The van der Waals surface area contributed by atoms with Gasteiger partial charge >= 0.3 is 6.03 Å². The molecule has 0 unspecified atom stereocenters. The van der Waals surface area contributed by atoms with Gasteiger partial charge in [0.05, 0.1) is 5.69 Å². The molecule has 1 fully saturated rings. The normalized spacial score (nSPS) is 16.5. The molecule has 3 rings (SSSR count). The van der Waals surface area contributed by atoms with Gasteiger partial charge < -0.3 is 0 Å². The Balaban J connectivity index is 2.03. The lowest BCUT2D eigenvalue weighted by Crippen LogP contribution is -2.54. The number of hydrogen-bond donors (Lipinski definition) is 1. The molecule has 2 aromatic carbocycles. The quantitative estimate of drug-likeness (QED) is 0.450. The summed E-state index contributed by atoms with van der Waals surface area (Å²) in [6, 6.07) is 13.6. The van der Waals surface area contributed by atoms with Crippen LogP contribution in [0.4, 0.5) is 10.5 Å². The van der Waals surface area contributed by atoms with Crippen LogP contribution in [-0.4, -0.2) is 17.8 Å². The van der Waals surface area contributed by atoms with Crippen molar-refractivity contribution in [2.45, 2.75) is 6.92 Å². The molecular formula is C18H13IN2O3. The van der Waals surface area contributed by atoms with E-state index in [0.29, 0.717) is 5.69 Å². The minimum Gasteiger partial charge on any atom is -0.273 e. The average Bonchev–Trinajstić information content (AvgIpc) is 2.54. The standard InChI is InChI=1S/C18H13IN2O3/c1-11-6-8-13(9-7-11)21-17(23)14(16(22)20-18(21)24)10-12-4-2-3-5-15(12)19/h2-10H,1H3,(H,20,22,24). The maximum Gasteiger partial charge on any atom is 0.335 e. The van der Waals surface area contributed by atoms with Gasteiger partial charge in [-0.25, -0.2) is 9.69 Å². The minimum atomic E-state index is -0.742. The Morgan fingerprint density at radius 2 is 1.67 bits per heavy atom. The number of carbonyl (C=O) groups excluding carboxylic acids is 3. The topological polar surface area (TPSA) is 66.5 Å². The number of nitrogens with one attached hydrogen (secondary N) is 1. The summed E-state index contributed by atoms with van der Waals surface area (Å²) in [6.45, 7) is 1.91. The van der Waals surface area contributed by atoms with Gasteiger partial charge in [0.15, 0.2) is 0 Å². The monoisotopic (exact) mass is 432 g/mol. The first-order valence-corrected chi connectivity index (χ1v) is 8.28. The van der Waals surface area contributed by atoms with E-state index in [1.807, 2.05) is 31.2 Å². The molecule has 120 valence electrons. The molecule has 0 atom stereocenters. The van der Waals surface area contributed by atoms with E-state index in [1.54, 1.807) is 24.3 Å². The summed E-state index contributed by atoms with van der Waals surface area (Å²) in [5.41, 5.74) is 2.10. The Bertz CT molecular complexity index is 872. The number of barbiturate groups is 1. The summed E-state index contributed by atoms with van der Waals surface area (Å²) >= 11 is 2.13. The van der Waals surface area contributed by atoms with Crippen LogP contribution in [0.1, 0.15) is 11.1 Å². The lowest BCUT2D eigenvalue weighted by atomic mass is 10.1. The number of anilines is 1. The highest BCUT2D eigenvalue weighted by atomic mass is 127. The van der Waals surface area contributed by atoms with Crippen LogP contribution in [0.3, 0.4) is 0 Å². The Morgan fingerprint density at radius 3 is 2.33 bits per heavy atom. The summed E-state index contributed by atoms with van der Waals surface area (Å²) in [7, 11) is 0. The van der Waals surface area contributed by atoms with Crippen molar-refractivity contribution < 1.29 is 14.4 Å². The number of rotatable bonds is 2. The maximum absolute atomic E-state index is 12.7. The molecule has 0 spiro atoms. The fourth-order valence-corrected chi connectivity index (χ4v) is 2.88. The number of aryl methyl sites for hydroxylation is 1. The van der Waals surface area contributed by atoms with E-state index < -0.39 is 17.8 Å². The number of halogens is 1. The van der Waals surface area contributed by atoms with Crippen LogP contribution >= 0.6 is 22.6 Å². The van der Waals surface area contributed by atoms with Crippen molar-refractivity contribution in [3.05, 3.63) is 68.8 Å². The largest absolute Gasteiger partial charge is 0.335 e. The molecule has 0 saturated carbocycles. The molecule has 1 heterocycles. The summed E-state index contributed by atoms with van der Waals surface area (Å²) in [4.78, 5) is 37.9. The van der Waals surface area contributed by atoms with Crippen LogP contribution in [0.15, 0.2) is 54.1 Å². The van der Waals surface area contributed by atoms with Crippen LogP contribution in [0.25, 0.3) is 6.08 Å². The SMILES string of the molecule is Cc1ccc(N2C(=O)NC(=O)C(=Cc3ccccc3I)C2=O)cc1. The molecule has 0 aromatic heterocycles. The third-order valence-electron chi connectivity index (χ3n) is 3.60. The number of carbonyl (C=O) groups is 3. The molecule has 0 radical (unpaired) electrons. The van der Waals surface area contributed by atoms with Crippen molar-refractivity contribution in [2.24, 2.45) is 0 Å². The number of benzene rings is 2. The molecule has 2 aromatic rings. The number of nitrogens with zero attached hydrogens (tertiary/aromatic N) is 1. The zero-order chi connectivity index (χ0) is 17.3. The molecule has 0 bridgehead atoms. The van der Waals surface area contributed by atoms with E-state index in [0.717, 1.165) is 19.6 Å². The predicted octanol–water partition coefficient (Wildman–Crippen LogP) is 3.27. The van der Waals surface area contributed by atoms with Crippen molar-refractivity contribution in [3.8, 4) is 0 Å². The fraction of sp³-hybridized carbons (Fsp3) is 0.0556. The van der Waals surface area contributed by atoms with Crippen LogP contribution in [0.2, 0.25) is 0 Å². The van der Waals surface area contributed by atoms with Crippen LogP contribution < -0.4 is 10.2 Å². The Hall–Kier alpha value is -2.48. The molecule has 4 amide bonds. The van der Waals surface area contributed by atoms with Gasteiger partial charge in [0.1, 0.15) is 5.57 Å². The summed E-state index contributed by atoms with van der Waals surface area (Å²) in [6.07, 6.45) is 1.51. The zero-order valence-electron chi connectivity index (χ0n) is 12.7. The summed E-state index contributed by atoms with van der Waals surface area (Å²) in [5.74, 6) is -1.32. The van der Waals surface area contributed by atoms with Crippen LogP contribution in [-0.2, 0) is 9.59 Å². The molecule has 1 N–H and O–H groups in total. The van der Waals surface area contributed by atoms with E-state index >= 15 is 0 Å². The highest BCUT2D eigenvalue weighted by molar-refractivity contribution is 14.1. The van der Waals surface area contributed by atoms with Crippen LogP contribution in [0, 0.1) is 10.5 Å². The van der Waals surface area contributed by atoms with Crippen molar-refractivity contribution in [3.63, 3.8) is 0 Å². The number of imide groups is 2. The summed E-state index contributed by atoms with van der Waals surface area (Å²) < 4.78 is 0.905. The average molecular weight is 432 g/mol. The lowest BCUT2D eigenvalue weighted by Gasteiger charge is -2.26. The smallest absolute Gasteiger partial charge is 0.273 e. The van der Waals surface area contributed by atoms with E-state index in [2.05, 4.69) is 27.9 Å². The van der Waals surface area contributed by atoms with E-state index in [1.165, 1.54) is 6.08 Å². The Kier molecular flexibility index (Phi) is 4.48. The highest BCUT2D eigenvalue weighted by Gasteiger charge is 2.36. The van der Waals surface area contributed by atoms with Crippen molar-refractivity contribution in [2.75, 3.05) is 4.90 Å². The second kappa shape index (κ2) is 6.56. The van der Waals surface area contributed by atoms with Crippen molar-refractivity contribution in [1.29, 1.82) is 0 Å². The fourth-order valence-electron chi connectivity index (χ4n) is 2.33. The van der Waals surface area contributed by atoms with Gasteiger partial charge in [-0.05, 0) is 59.4 Å². The molecule has 1 aliphatic rings. The zero-order valence-corrected chi connectivity index (χ0v) is 14.9. The highest BCUT2D eigenvalue weighted by Crippen LogP contribution is 2.23. The third-order valence-corrected chi connectivity index (χ3v) is 4.58. The molecule has 24 heavy (non-hydrogen) atoms. The lowest BCUT2D eigenvalue weighted by molar-refractivity contribution is -0.122. The first-order chi connectivity index (χ1) is 11.5. The van der Waals surface area contributed by atoms with Crippen molar-refractivity contribution >= 4 is 52.2 Å². The van der Waals surface area contributed by atoms with E-state index in [9.17, 15) is 14.4 Å². The number of amides is 4. The van der Waals surface area contributed by atoms with E-state index in [-0.39, 0.29) is 5.57 Å². The first kappa shape index (κ1) is 16.4. The van der Waals surface area contributed by atoms with Crippen molar-refractivity contribution in [1.82, 2.24) is 5.32 Å². The Labute approximate surface area is 152 Å². The third kappa shape index (κ3) is 3.09. The van der Waals surface area contributed by atoms with Gasteiger partial charge in [-0.3, -0.25) is 14.9 Å². The van der Waals surface area contributed by atoms with Gasteiger partial charge in [-0.2, -0.15) is 0 Å². The molecule has 6 heteroatoms. The second-order valence-corrected chi connectivity index (χ2v) is 6.48. The van der Waals surface area contributed by atoms with Gasteiger partial charge in [-0.15, -0.1) is 0 Å². The first-order valence-electron chi connectivity index (χ1n) is 7.20. The van der Waals surface area contributed by atoms with Gasteiger partial charge in [0.25, 0.3) is 11.8 Å². The molecule has 5 nitrogen and oxygen atoms in total. The molecule has 0 aliphatic carbocycles. The molecule has 1 aliphatic heterocycles. The van der Waals surface area contributed by atoms with E-state index in [4.69, 9.17) is 0 Å². The summed E-state index contributed by atoms with van der Waals surface area (Å²) in [5, 5.41) is 2.22. The van der Waals surface area contributed by atoms with Gasteiger partial charge in [-0.1, -0.05) is 35.9 Å². The minimum absolute atomic E-state index is 0.0701. The number of urea groups is 1. The van der Waals surface area contributed by atoms with Crippen LogP contribution in [0.5, 0.6) is 0 Å². The maximum atomic E-state index is 12.7. The van der Waals surface area contributed by atoms with Gasteiger partial charge in [0, 0.05) is 3.57 Å². The molecule has 1 saturated heterocycles. The predicted molar refractivity (Wildman–Crippen MR) is 99.3 cm³/mol. The van der Waals surface area contributed by atoms with Gasteiger partial charge in [0.2, 0.25) is 0 Å². The number of hydrogen-bond acceptors (Lipinski definition) is 3. The second-order valence-electron chi connectivity index (χ2n) is 5.31.